The molecule has 2 nitrogen and oxygen atoms in total. The third kappa shape index (κ3) is 1.54. The Labute approximate surface area is 110 Å². The summed E-state index contributed by atoms with van der Waals surface area (Å²) in [6, 6.07) is 18.7. The highest BCUT2D eigenvalue weighted by Gasteiger charge is 2.09. The quantitative estimate of drug-likeness (QED) is 0.528. The molecule has 0 fully saturated rings. The molecule has 2 aromatic heterocycles. The average Bonchev–Trinajstić information content (AvgIpc) is 2.92. The molecule has 0 spiro atoms. The number of fused-ring (bicyclic) bond motifs is 3. The minimum absolute atomic E-state index is 1.00. The van der Waals surface area contributed by atoms with Crippen molar-refractivity contribution in [3.8, 4) is 11.3 Å². The first-order valence-corrected chi connectivity index (χ1v) is 6.34. The Morgan fingerprint density at radius 3 is 2.63 bits per heavy atom. The zero-order chi connectivity index (χ0) is 12.7. The summed E-state index contributed by atoms with van der Waals surface area (Å²) in [5.74, 6) is 0. The predicted molar refractivity (Wildman–Crippen MR) is 79.0 cm³/mol. The molecule has 0 atom stereocenters. The fourth-order valence-corrected chi connectivity index (χ4v) is 2.63. The van der Waals surface area contributed by atoms with E-state index in [1.165, 1.54) is 16.2 Å². The summed E-state index contributed by atoms with van der Waals surface area (Å²) in [6.07, 6.45) is 3.87. The summed E-state index contributed by atoms with van der Waals surface area (Å²) in [4.78, 5) is 7.80. The number of aromatic amines is 1. The molecule has 2 heteroatoms. The van der Waals surface area contributed by atoms with E-state index in [0.717, 1.165) is 16.8 Å². The summed E-state index contributed by atoms with van der Waals surface area (Å²) in [7, 11) is 0. The molecule has 0 unspecified atom stereocenters. The fourth-order valence-electron chi connectivity index (χ4n) is 2.63. The first-order valence-electron chi connectivity index (χ1n) is 6.34. The number of pyridine rings is 1. The standard InChI is InChI=1S/C17H12N2/c1-2-6-13-12(5-1)8-9-16-17(13)14(11-19-16)15-7-3-4-10-18-15/h1-11,19H. The second kappa shape index (κ2) is 3.95. The lowest BCUT2D eigenvalue weighted by Crippen LogP contribution is -1.81. The Bertz CT molecular complexity index is 860. The van der Waals surface area contributed by atoms with E-state index in [9.17, 15) is 0 Å². The summed E-state index contributed by atoms with van der Waals surface area (Å²) >= 11 is 0. The van der Waals surface area contributed by atoms with Gasteiger partial charge in [-0.25, -0.2) is 0 Å². The van der Waals surface area contributed by atoms with Crippen molar-refractivity contribution in [2.75, 3.05) is 0 Å². The Morgan fingerprint density at radius 2 is 1.74 bits per heavy atom. The van der Waals surface area contributed by atoms with Gasteiger partial charge in [0, 0.05) is 28.9 Å². The molecular weight excluding hydrogens is 232 g/mol. The minimum atomic E-state index is 1.00. The molecular formula is C17H12N2. The SMILES string of the molecule is c1ccc(-c2c[nH]c3ccc4ccccc4c23)nc1. The van der Waals surface area contributed by atoms with Gasteiger partial charge < -0.3 is 4.98 Å². The van der Waals surface area contributed by atoms with Gasteiger partial charge in [0.05, 0.1) is 5.69 Å². The highest BCUT2D eigenvalue weighted by atomic mass is 14.7. The Hall–Kier alpha value is -2.61. The number of aromatic nitrogens is 2. The van der Waals surface area contributed by atoms with Crippen LogP contribution < -0.4 is 0 Å². The topological polar surface area (TPSA) is 28.7 Å². The largest absolute Gasteiger partial charge is 0.360 e. The molecule has 0 saturated heterocycles. The van der Waals surface area contributed by atoms with Crippen LogP contribution in [0, 0.1) is 0 Å². The summed E-state index contributed by atoms with van der Waals surface area (Å²) in [5.41, 5.74) is 3.32. The molecule has 2 heterocycles. The van der Waals surface area contributed by atoms with Gasteiger partial charge in [-0.1, -0.05) is 36.4 Å². The number of hydrogen-bond acceptors (Lipinski definition) is 1. The number of hydrogen-bond donors (Lipinski definition) is 1. The van der Waals surface area contributed by atoms with E-state index in [1.807, 2.05) is 30.6 Å². The van der Waals surface area contributed by atoms with E-state index in [1.54, 1.807) is 0 Å². The summed E-state index contributed by atoms with van der Waals surface area (Å²) in [6.45, 7) is 0. The number of nitrogens with zero attached hydrogens (tertiary/aromatic N) is 1. The molecule has 4 aromatic rings. The number of nitrogens with one attached hydrogen (secondary N) is 1. The minimum Gasteiger partial charge on any atom is -0.360 e. The van der Waals surface area contributed by atoms with Gasteiger partial charge in [0.15, 0.2) is 0 Å². The Balaban J connectivity index is 2.15. The van der Waals surface area contributed by atoms with Crippen LogP contribution in [0.4, 0.5) is 0 Å². The highest BCUT2D eigenvalue weighted by Crippen LogP contribution is 2.33. The third-order valence-corrected chi connectivity index (χ3v) is 3.51. The van der Waals surface area contributed by atoms with Crippen molar-refractivity contribution in [1.29, 1.82) is 0 Å². The zero-order valence-corrected chi connectivity index (χ0v) is 10.3. The van der Waals surface area contributed by atoms with E-state index in [-0.39, 0.29) is 0 Å². The maximum Gasteiger partial charge on any atom is 0.0723 e. The van der Waals surface area contributed by atoms with E-state index in [0.29, 0.717) is 0 Å². The van der Waals surface area contributed by atoms with Gasteiger partial charge >= 0.3 is 0 Å². The molecule has 4 rings (SSSR count). The number of benzene rings is 2. The van der Waals surface area contributed by atoms with Crippen molar-refractivity contribution >= 4 is 21.7 Å². The van der Waals surface area contributed by atoms with Crippen LogP contribution in [0.5, 0.6) is 0 Å². The van der Waals surface area contributed by atoms with Gasteiger partial charge in [0.2, 0.25) is 0 Å². The fraction of sp³-hybridized carbons (Fsp3) is 0. The van der Waals surface area contributed by atoms with Crippen LogP contribution in [-0.2, 0) is 0 Å². The second-order valence-corrected chi connectivity index (χ2v) is 4.63. The molecule has 90 valence electrons. The van der Waals surface area contributed by atoms with Crippen LogP contribution in [-0.4, -0.2) is 9.97 Å². The first kappa shape index (κ1) is 10.3. The average molecular weight is 244 g/mol. The zero-order valence-electron chi connectivity index (χ0n) is 10.3. The maximum atomic E-state index is 4.46. The molecule has 0 aliphatic rings. The van der Waals surface area contributed by atoms with Gasteiger partial charge in [0.25, 0.3) is 0 Å². The Kier molecular flexibility index (Phi) is 2.15. The molecule has 0 aliphatic carbocycles. The second-order valence-electron chi connectivity index (χ2n) is 4.63. The van der Waals surface area contributed by atoms with Crippen molar-refractivity contribution in [2.24, 2.45) is 0 Å². The van der Waals surface area contributed by atoms with E-state index < -0.39 is 0 Å². The molecule has 2 aromatic carbocycles. The maximum absolute atomic E-state index is 4.46. The van der Waals surface area contributed by atoms with Crippen LogP contribution in [0.1, 0.15) is 0 Å². The molecule has 0 bridgehead atoms. The van der Waals surface area contributed by atoms with E-state index in [2.05, 4.69) is 46.4 Å². The lowest BCUT2D eigenvalue weighted by atomic mass is 10.0. The molecule has 0 aliphatic heterocycles. The van der Waals surface area contributed by atoms with Crippen molar-refractivity contribution in [2.45, 2.75) is 0 Å². The molecule has 19 heavy (non-hydrogen) atoms. The predicted octanol–water partition coefficient (Wildman–Crippen LogP) is 4.38. The van der Waals surface area contributed by atoms with Gasteiger partial charge in [0.1, 0.15) is 0 Å². The van der Waals surface area contributed by atoms with Gasteiger partial charge in [-0.15, -0.1) is 0 Å². The lowest BCUT2D eigenvalue weighted by molar-refractivity contribution is 1.33. The van der Waals surface area contributed by atoms with Crippen molar-refractivity contribution in [3.05, 3.63) is 67.0 Å². The summed E-state index contributed by atoms with van der Waals surface area (Å²) in [5, 5.41) is 3.77. The smallest absolute Gasteiger partial charge is 0.0723 e. The molecule has 0 saturated carbocycles. The highest BCUT2D eigenvalue weighted by molar-refractivity contribution is 6.13. The van der Waals surface area contributed by atoms with Crippen LogP contribution in [0.15, 0.2) is 67.0 Å². The van der Waals surface area contributed by atoms with Gasteiger partial charge in [-0.05, 0) is 29.0 Å². The normalized spacial score (nSPS) is 11.2. The third-order valence-electron chi connectivity index (χ3n) is 3.51. The van der Waals surface area contributed by atoms with E-state index in [4.69, 9.17) is 0 Å². The van der Waals surface area contributed by atoms with Crippen molar-refractivity contribution in [1.82, 2.24) is 9.97 Å². The van der Waals surface area contributed by atoms with Crippen molar-refractivity contribution in [3.63, 3.8) is 0 Å². The lowest BCUT2D eigenvalue weighted by Gasteiger charge is -2.03. The van der Waals surface area contributed by atoms with Gasteiger partial charge in [-0.3, -0.25) is 4.98 Å². The van der Waals surface area contributed by atoms with E-state index >= 15 is 0 Å². The monoisotopic (exact) mass is 244 g/mol. The van der Waals surface area contributed by atoms with Crippen molar-refractivity contribution < 1.29 is 0 Å². The summed E-state index contributed by atoms with van der Waals surface area (Å²) < 4.78 is 0. The van der Waals surface area contributed by atoms with Crippen LogP contribution in [0.2, 0.25) is 0 Å². The van der Waals surface area contributed by atoms with Crippen LogP contribution in [0.25, 0.3) is 32.9 Å². The Morgan fingerprint density at radius 1 is 0.842 bits per heavy atom. The number of H-pyrrole nitrogens is 1. The van der Waals surface area contributed by atoms with Crippen LogP contribution in [0.3, 0.4) is 0 Å². The molecule has 0 radical (unpaired) electrons. The van der Waals surface area contributed by atoms with Crippen LogP contribution >= 0.6 is 0 Å². The van der Waals surface area contributed by atoms with Gasteiger partial charge in [-0.2, -0.15) is 0 Å². The number of rotatable bonds is 1. The first-order chi connectivity index (χ1) is 9.43. The molecule has 1 N–H and O–H groups in total. The molecule has 0 amide bonds.